The van der Waals surface area contributed by atoms with Crippen LogP contribution in [-0.4, -0.2) is 25.0 Å². The Balaban J connectivity index is 2.56. The lowest BCUT2D eigenvalue weighted by Gasteiger charge is -2.17. The number of likely N-dealkylation sites (N-methyl/N-ethyl adjacent to an activating group) is 1. The molecule has 0 saturated carbocycles. The third-order valence-electron chi connectivity index (χ3n) is 3.06. The molecule has 0 saturated heterocycles. The van der Waals surface area contributed by atoms with Crippen LogP contribution in [0.5, 0.6) is 0 Å². The van der Waals surface area contributed by atoms with Crippen molar-refractivity contribution in [1.82, 2.24) is 5.32 Å². The number of hydrogen-bond acceptors (Lipinski definition) is 3. The molecule has 1 N–H and O–H groups in total. The Hall–Kier alpha value is -1.42. The predicted octanol–water partition coefficient (Wildman–Crippen LogP) is 3.29. The second-order valence-electron chi connectivity index (χ2n) is 5.04. The molecule has 0 aromatic heterocycles. The number of carbonyl (C=O) groups excluding carboxylic acids is 1. The lowest BCUT2D eigenvalue weighted by atomic mass is 10.0. The molecule has 3 nitrogen and oxygen atoms in total. The van der Waals surface area contributed by atoms with Crippen molar-refractivity contribution in [2.24, 2.45) is 5.92 Å². The minimum Gasteiger partial charge on any atom is -0.491 e. The van der Waals surface area contributed by atoms with Gasteiger partial charge in [-0.3, -0.25) is 4.79 Å². The van der Waals surface area contributed by atoms with E-state index in [-0.39, 0.29) is 23.6 Å². The minimum absolute atomic E-state index is 0.00631. The molecule has 2 atom stereocenters. The van der Waals surface area contributed by atoms with Gasteiger partial charge in [0.05, 0.1) is 0 Å². The zero-order chi connectivity index (χ0) is 15.0. The van der Waals surface area contributed by atoms with Crippen molar-refractivity contribution < 1.29 is 13.9 Å². The number of rotatable bonds is 7. The molecule has 1 aliphatic carbocycles. The number of hydrogen-bond donors (Lipinski definition) is 1. The van der Waals surface area contributed by atoms with Crippen LogP contribution in [0.25, 0.3) is 0 Å². The Morgan fingerprint density at radius 2 is 2.40 bits per heavy atom. The molecule has 4 heteroatoms. The van der Waals surface area contributed by atoms with Gasteiger partial charge in [0.15, 0.2) is 11.6 Å². The number of halogens is 1. The maximum atomic E-state index is 13.9. The molecular weight excluding hydrogens is 257 g/mol. The first-order valence-corrected chi connectivity index (χ1v) is 7.16. The minimum atomic E-state index is -0.313. The average Bonchev–Trinajstić information content (AvgIpc) is 2.57. The maximum absolute atomic E-state index is 13.9. The Labute approximate surface area is 120 Å². The molecule has 0 heterocycles. The summed E-state index contributed by atoms with van der Waals surface area (Å²) in [6.45, 7) is 7.02. The van der Waals surface area contributed by atoms with Gasteiger partial charge in [0, 0.05) is 13.0 Å². The first-order valence-electron chi connectivity index (χ1n) is 7.16. The summed E-state index contributed by atoms with van der Waals surface area (Å²) in [5, 5.41) is 3.17. The fraction of sp³-hybridized carbons (Fsp3) is 0.562. The van der Waals surface area contributed by atoms with Crippen LogP contribution in [0.2, 0.25) is 0 Å². The third kappa shape index (κ3) is 6.15. The topological polar surface area (TPSA) is 38.3 Å². The second-order valence-corrected chi connectivity index (χ2v) is 5.04. The number of allylic oxidation sites excluding steroid dienone is 6. The highest BCUT2D eigenvalue weighted by atomic mass is 19.1. The highest BCUT2D eigenvalue weighted by Gasteiger charge is 2.15. The molecule has 0 aromatic carbocycles. The molecule has 0 aromatic rings. The third-order valence-corrected chi connectivity index (χ3v) is 3.06. The summed E-state index contributed by atoms with van der Waals surface area (Å²) in [6, 6.07) is 0. The summed E-state index contributed by atoms with van der Waals surface area (Å²) in [5.74, 6) is 0.180. The number of nitrogens with one attached hydrogen (secondary N) is 1. The Kier molecular flexibility index (Phi) is 7.23. The Morgan fingerprint density at radius 3 is 3.05 bits per heavy atom. The molecular formula is C16H24FNO2. The maximum Gasteiger partial charge on any atom is 0.160 e. The van der Waals surface area contributed by atoms with Gasteiger partial charge in [-0.1, -0.05) is 19.1 Å². The number of ketones is 1. The van der Waals surface area contributed by atoms with Crippen molar-refractivity contribution >= 4 is 5.78 Å². The lowest BCUT2D eigenvalue weighted by molar-refractivity contribution is -0.112. The number of ether oxygens (including phenoxy) is 1. The van der Waals surface area contributed by atoms with Crippen LogP contribution in [0.4, 0.5) is 4.39 Å². The number of carbonyl (C=O) groups is 1. The second kappa shape index (κ2) is 8.69. The average molecular weight is 281 g/mol. The van der Waals surface area contributed by atoms with Gasteiger partial charge in [0.2, 0.25) is 0 Å². The summed E-state index contributed by atoms with van der Waals surface area (Å²) in [5.41, 5.74) is 0. The molecule has 0 spiro atoms. The Morgan fingerprint density at radius 1 is 1.65 bits per heavy atom. The van der Waals surface area contributed by atoms with E-state index in [2.05, 4.69) is 5.32 Å². The molecule has 1 unspecified atom stereocenters. The molecule has 1 aliphatic rings. The van der Waals surface area contributed by atoms with Gasteiger partial charge in [-0.15, -0.1) is 0 Å². The highest BCUT2D eigenvalue weighted by Crippen LogP contribution is 2.25. The van der Waals surface area contributed by atoms with Gasteiger partial charge in [-0.2, -0.15) is 0 Å². The summed E-state index contributed by atoms with van der Waals surface area (Å²) in [6.07, 6.45) is 7.80. The van der Waals surface area contributed by atoms with Gasteiger partial charge in [0.25, 0.3) is 0 Å². The van der Waals surface area contributed by atoms with E-state index in [4.69, 9.17) is 4.74 Å². The fourth-order valence-corrected chi connectivity index (χ4v) is 1.98. The van der Waals surface area contributed by atoms with Crippen LogP contribution in [0, 0.1) is 5.92 Å². The molecule has 20 heavy (non-hydrogen) atoms. The van der Waals surface area contributed by atoms with E-state index in [0.717, 1.165) is 13.0 Å². The summed E-state index contributed by atoms with van der Waals surface area (Å²) in [7, 11) is 0. The quantitative estimate of drug-likeness (QED) is 0.728. The van der Waals surface area contributed by atoms with Crippen LogP contribution in [0.3, 0.4) is 0 Å². The zero-order valence-electron chi connectivity index (χ0n) is 12.5. The van der Waals surface area contributed by atoms with Gasteiger partial charge in [0.1, 0.15) is 11.9 Å². The van der Waals surface area contributed by atoms with Crippen molar-refractivity contribution in [3.8, 4) is 0 Å². The molecule has 0 fully saturated rings. The van der Waals surface area contributed by atoms with E-state index in [1.807, 2.05) is 19.9 Å². The van der Waals surface area contributed by atoms with Crippen molar-refractivity contribution in [2.75, 3.05) is 13.1 Å². The van der Waals surface area contributed by atoms with Gasteiger partial charge >= 0.3 is 0 Å². The normalized spacial score (nSPS) is 21.1. The Bertz CT molecular complexity index is 413. The van der Waals surface area contributed by atoms with Crippen molar-refractivity contribution in [2.45, 2.75) is 39.7 Å². The standard InChI is InChI=1S/C16H24FNO2/c1-4-18-11-13(3)20-16-10-8-14(6-5-12(2)19)7-9-15(16)17/h5-7,9,13-14,18H,4,8,10-11H2,1-3H3/b6-5+/t13-,14?/m0/s1. The van der Waals surface area contributed by atoms with Crippen molar-refractivity contribution in [3.05, 3.63) is 35.9 Å². The summed E-state index contributed by atoms with van der Waals surface area (Å²) >= 11 is 0. The van der Waals surface area contributed by atoms with Crippen LogP contribution in [-0.2, 0) is 9.53 Å². The summed E-state index contributed by atoms with van der Waals surface area (Å²) < 4.78 is 19.6. The predicted molar refractivity (Wildman–Crippen MR) is 78.9 cm³/mol. The van der Waals surface area contributed by atoms with Crippen LogP contribution in [0.15, 0.2) is 35.9 Å². The van der Waals surface area contributed by atoms with E-state index >= 15 is 0 Å². The molecule has 0 bridgehead atoms. The van der Waals surface area contributed by atoms with E-state index in [1.165, 1.54) is 19.1 Å². The van der Waals surface area contributed by atoms with Crippen LogP contribution in [0.1, 0.15) is 33.6 Å². The first kappa shape index (κ1) is 16.6. The highest BCUT2D eigenvalue weighted by molar-refractivity contribution is 5.87. The van der Waals surface area contributed by atoms with Gasteiger partial charge < -0.3 is 10.1 Å². The summed E-state index contributed by atoms with van der Waals surface area (Å²) in [4.78, 5) is 10.9. The zero-order valence-corrected chi connectivity index (χ0v) is 12.5. The first-order chi connectivity index (χ1) is 9.52. The molecule has 0 radical (unpaired) electrons. The molecule has 112 valence electrons. The van der Waals surface area contributed by atoms with Crippen molar-refractivity contribution in [3.63, 3.8) is 0 Å². The van der Waals surface area contributed by atoms with Gasteiger partial charge in [-0.25, -0.2) is 4.39 Å². The smallest absolute Gasteiger partial charge is 0.160 e. The fourth-order valence-electron chi connectivity index (χ4n) is 1.98. The van der Waals surface area contributed by atoms with E-state index < -0.39 is 0 Å². The van der Waals surface area contributed by atoms with E-state index in [1.54, 1.807) is 6.08 Å². The lowest BCUT2D eigenvalue weighted by Crippen LogP contribution is -2.26. The van der Waals surface area contributed by atoms with Crippen LogP contribution < -0.4 is 5.32 Å². The van der Waals surface area contributed by atoms with Gasteiger partial charge in [-0.05, 0) is 44.9 Å². The van der Waals surface area contributed by atoms with Crippen molar-refractivity contribution in [1.29, 1.82) is 0 Å². The molecule has 1 rings (SSSR count). The SMILES string of the molecule is CCNC[C@H](C)OC1=C(F)C=CC(/C=C/C(C)=O)CC1. The van der Waals surface area contributed by atoms with Crippen LogP contribution >= 0.6 is 0 Å². The van der Waals surface area contributed by atoms with E-state index in [0.29, 0.717) is 18.7 Å². The largest absolute Gasteiger partial charge is 0.491 e. The monoisotopic (exact) mass is 281 g/mol. The van der Waals surface area contributed by atoms with E-state index in [9.17, 15) is 9.18 Å². The molecule has 0 aliphatic heterocycles. The molecule has 0 amide bonds.